The summed E-state index contributed by atoms with van der Waals surface area (Å²) in [6, 6.07) is 0. The molecule has 0 aromatic rings. The molecule has 2 N–H and O–H groups in total. The number of aliphatic hydroxyl groups is 2. The van der Waals surface area contributed by atoms with E-state index >= 15 is 0 Å². The van der Waals surface area contributed by atoms with Gasteiger partial charge >= 0.3 is 0 Å². The Morgan fingerprint density at radius 3 is 2.29 bits per heavy atom. The van der Waals surface area contributed by atoms with Gasteiger partial charge in [0, 0.05) is 11.0 Å². The quantitative estimate of drug-likeness (QED) is 0.521. The van der Waals surface area contributed by atoms with Gasteiger partial charge in [0.05, 0.1) is 6.10 Å². The fraction of sp³-hybridized carbons (Fsp3) is 1.00. The van der Waals surface area contributed by atoms with Gasteiger partial charge in [0.25, 0.3) is 0 Å². The second-order valence-electron chi connectivity index (χ2n) is 1.32. The van der Waals surface area contributed by atoms with Crippen LogP contribution in [0.3, 0.4) is 0 Å². The van der Waals surface area contributed by atoms with Crippen molar-refractivity contribution in [1.82, 2.24) is 0 Å². The van der Waals surface area contributed by atoms with Crippen LogP contribution in [0.25, 0.3) is 0 Å². The lowest BCUT2D eigenvalue weighted by Gasteiger charge is -2.00. The summed E-state index contributed by atoms with van der Waals surface area (Å²) in [7, 11) is 0. The summed E-state index contributed by atoms with van der Waals surface area (Å²) in [4.78, 5) is 0. The van der Waals surface area contributed by atoms with Crippen molar-refractivity contribution in [3.05, 3.63) is 0 Å². The Kier molecular flexibility index (Phi) is 5.25. The zero-order chi connectivity index (χ0) is 5.70. The maximum Gasteiger partial charge on any atom is 0.0651 e. The van der Waals surface area contributed by atoms with Crippen molar-refractivity contribution >= 4 is 22.6 Å². The maximum absolute atomic E-state index is 8.69. The van der Waals surface area contributed by atoms with Gasteiger partial charge in [0.15, 0.2) is 0 Å². The zero-order valence-corrected chi connectivity index (χ0v) is 6.13. The van der Waals surface area contributed by atoms with Crippen LogP contribution >= 0.6 is 22.6 Å². The Hall–Kier alpha value is 0.650. The predicted octanol–water partition coefficient (Wildman–Crippen LogP) is 0.165. The summed E-state index contributed by atoms with van der Waals surface area (Å²) in [5.41, 5.74) is 0. The van der Waals surface area contributed by atoms with Gasteiger partial charge in [-0.05, 0) is 6.42 Å². The van der Waals surface area contributed by atoms with Crippen molar-refractivity contribution in [2.24, 2.45) is 0 Å². The third-order valence-corrected chi connectivity index (χ3v) is 1.66. The van der Waals surface area contributed by atoms with E-state index in [-0.39, 0.29) is 12.7 Å². The van der Waals surface area contributed by atoms with Gasteiger partial charge in [-0.25, -0.2) is 0 Å². The van der Waals surface area contributed by atoms with Gasteiger partial charge in [-0.15, -0.1) is 0 Å². The topological polar surface area (TPSA) is 40.5 Å². The molecule has 0 aliphatic rings. The summed E-state index contributed by atoms with van der Waals surface area (Å²) >= 11 is 2.08. The molecule has 0 aliphatic carbocycles. The van der Waals surface area contributed by atoms with Crippen molar-refractivity contribution in [2.75, 3.05) is 11.0 Å². The van der Waals surface area contributed by atoms with Crippen LogP contribution in [0.1, 0.15) is 6.42 Å². The van der Waals surface area contributed by atoms with Gasteiger partial charge in [-0.1, -0.05) is 22.6 Å². The summed E-state index contributed by atoms with van der Waals surface area (Å²) in [6.45, 7) is 0.0875. The highest BCUT2D eigenvalue weighted by Crippen LogP contribution is 1.93. The lowest BCUT2D eigenvalue weighted by molar-refractivity contribution is 0.154. The molecule has 0 bridgehead atoms. The van der Waals surface area contributed by atoms with Gasteiger partial charge in [-0.2, -0.15) is 0 Å². The third-order valence-electron chi connectivity index (χ3n) is 0.640. The molecule has 0 spiro atoms. The minimum absolute atomic E-state index is 0.0875. The van der Waals surface area contributed by atoms with Crippen LogP contribution in [-0.2, 0) is 0 Å². The summed E-state index contributed by atoms with van der Waals surface area (Å²) in [5.74, 6) is 0. The van der Waals surface area contributed by atoms with E-state index in [1.807, 2.05) is 0 Å². The molecule has 0 heterocycles. The molecule has 0 aromatic heterocycles. The Morgan fingerprint density at radius 1 is 1.57 bits per heavy atom. The molecular formula is C4H9IO2. The minimum Gasteiger partial charge on any atom is -0.396 e. The van der Waals surface area contributed by atoms with Gasteiger partial charge in [0.2, 0.25) is 0 Å². The number of alkyl halides is 1. The Balaban J connectivity index is 2.83. The molecular weight excluding hydrogens is 207 g/mol. The SMILES string of the molecule is OCCC(O)CI. The highest BCUT2D eigenvalue weighted by Gasteiger charge is 1.96. The largest absolute Gasteiger partial charge is 0.396 e. The summed E-state index contributed by atoms with van der Waals surface area (Å²) in [5, 5.41) is 16.9. The van der Waals surface area contributed by atoms with Gasteiger partial charge in [0.1, 0.15) is 0 Å². The van der Waals surface area contributed by atoms with Crippen molar-refractivity contribution in [3.8, 4) is 0 Å². The molecule has 2 nitrogen and oxygen atoms in total. The van der Waals surface area contributed by atoms with E-state index in [9.17, 15) is 0 Å². The number of rotatable bonds is 3. The number of hydrogen-bond acceptors (Lipinski definition) is 2. The van der Waals surface area contributed by atoms with Crippen LogP contribution in [0, 0.1) is 0 Å². The molecule has 1 unspecified atom stereocenters. The van der Waals surface area contributed by atoms with Crippen molar-refractivity contribution in [1.29, 1.82) is 0 Å². The number of aliphatic hydroxyl groups excluding tert-OH is 2. The smallest absolute Gasteiger partial charge is 0.0651 e. The number of halogens is 1. The first-order chi connectivity index (χ1) is 3.31. The monoisotopic (exact) mass is 216 g/mol. The molecule has 0 rings (SSSR count). The van der Waals surface area contributed by atoms with Crippen molar-refractivity contribution in [2.45, 2.75) is 12.5 Å². The second kappa shape index (κ2) is 4.80. The molecule has 0 saturated carbocycles. The van der Waals surface area contributed by atoms with E-state index < -0.39 is 0 Å². The van der Waals surface area contributed by atoms with E-state index in [4.69, 9.17) is 10.2 Å². The Labute approximate surface area is 56.7 Å². The Bertz CT molecular complexity index is 40.7. The van der Waals surface area contributed by atoms with Crippen LogP contribution in [0.5, 0.6) is 0 Å². The summed E-state index contributed by atoms with van der Waals surface area (Å²) < 4.78 is 0.707. The van der Waals surface area contributed by atoms with Crippen LogP contribution in [0.4, 0.5) is 0 Å². The molecule has 0 fully saturated rings. The van der Waals surface area contributed by atoms with E-state index in [2.05, 4.69) is 22.6 Å². The summed E-state index contributed by atoms with van der Waals surface area (Å²) in [6.07, 6.45) is 0.189. The highest BCUT2D eigenvalue weighted by atomic mass is 127. The van der Waals surface area contributed by atoms with Gasteiger partial charge < -0.3 is 10.2 Å². The van der Waals surface area contributed by atoms with Crippen LogP contribution in [0.2, 0.25) is 0 Å². The molecule has 0 aliphatic heterocycles. The van der Waals surface area contributed by atoms with Crippen LogP contribution < -0.4 is 0 Å². The molecule has 3 heteroatoms. The van der Waals surface area contributed by atoms with Crippen LogP contribution in [-0.4, -0.2) is 27.4 Å². The van der Waals surface area contributed by atoms with E-state index in [0.717, 1.165) is 0 Å². The average Bonchev–Trinajstić information content (AvgIpc) is 1.68. The van der Waals surface area contributed by atoms with Crippen LogP contribution in [0.15, 0.2) is 0 Å². The molecule has 1 atom stereocenters. The molecule has 0 radical (unpaired) electrons. The maximum atomic E-state index is 8.69. The average molecular weight is 216 g/mol. The number of hydrogen-bond donors (Lipinski definition) is 2. The molecule has 0 saturated heterocycles. The standard InChI is InChI=1S/C4H9IO2/c5-3-4(7)1-2-6/h4,6-7H,1-3H2. The molecule has 0 amide bonds. The van der Waals surface area contributed by atoms with Gasteiger partial charge in [-0.3, -0.25) is 0 Å². The predicted molar refractivity (Wildman–Crippen MR) is 36.6 cm³/mol. The molecule has 7 heavy (non-hydrogen) atoms. The zero-order valence-electron chi connectivity index (χ0n) is 3.97. The molecule has 0 aromatic carbocycles. The molecule has 44 valence electrons. The fourth-order valence-electron chi connectivity index (χ4n) is 0.226. The normalized spacial score (nSPS) is 14.1. The highest BCUT2D eigenvalue weighted by molar-refractivity contribution is 14.1. The van der Waals surface area contributed by atoms with Crippen molar-refractivity contribution in [3.63, 3.8) is 0 Å². The second-order valence-corrected chi connectivity index (χ2v) is 2.20. The first kappa shape index (κ1) is 7.65. The van der Waals surface area contributed by atoms with E-state index in [1.54, 1.807) is 0 Å². The first-order valence-corrected chi connectivity index (χ1v) is 3.68. The fourth-order valence-corrected chi connectivity index (χ4v) is 0.667. The van der Waals surface area contributed by atoms with E-state index in [0.29, 0.717) is 10.8 Å². The van der Waals surface area contributed by atoms with Crippen molar-refractivity contribution < 1.29 is 10.2 Å². The first-order valence-electron chi connectivity index (χ1n) is 2.16. The lowest BCUT2D eigenvalue weighted by atomic mass is 10.3. The minimum atomic E-state index is -0.314. The van der Waals surface area contributed by atoms with E-state index in [1.165, 1.54) is 0 Å². The third kappa shape index (κ3) is 4.50. The Morgan fingerprint density at radius 2 is 2.14 bits per heavy atom. The lowest BCUT2D eigenvalue weighted by Crippen LogP contribution is -2.08.